The van der Waals surface area contributed by atoms with Crippen LogP contribution >= 0.6 is 0 Å². The number of hydrogen-bond donors (Lipinski definition) is 0. The van der Waals surface area contributed by atoms with Gasteiger partial charge in [0.05, 0.1) is 7.11 Å². The average Bonchev–Trinajstić information content (AvgIpc) is 3.13. The van der Waals surface area contributed by atoms with Crippen molar-refractivity contribution >= 4 is 25.6 Å². The standard InChI is InChI=1S/C27H43BO5/c1-15(6-9-22(30)32-5)18-7-8-19-23-20(11-13-26(18,19)3)27(4)12-10-17(33-16(2)29)14-21(27)24(28)25(23)31/h15,17-21,23-24H,6-14,28H2,1-5H3/t15-,17-,18-,19+,20+,21+,23+,24-,26-,27-/m1/s1. The number of carbonyl (C=O) groups excluding carboxylic acids is 3. The summed E-state index contributed by atoms with van der Waals surface area (Å²) in [6, 6.07) is 0. The lowest BCUT2D eigenvalue weighted by molar-refractivity contribution is -0.167. The summed E-state index contributed by atoms with van der Waals surface area (Å²) in [4.78, 5) is 37.2. The molecule has 0 heterocycles. The first-order valence-electron chi connectivity index (χ1n) is 13.3. The Hall–Kier alpha value is -1.33. The lowest BCUT2D eigenvalue weighted by Gasteiger charge is -2.62. The molecule has 4 fully saturated rings. The predicted molar refractivity (Wildman–Crippen MR) is 129 cm³/mol. The number of Topliss-reactive ketones (excluding diaryl/α,β-unsaturated/α-hetero) is 1. The Morgan fingerprint density at radius 3 is 2.39 bits per heavy atom. The summed E-state index contributed by atoms with van der Waals surface area (Å²) in [5, 5.41) is 0. The Balaban J connectivity index is 1.54. The van der Waals surface area contributed by atoms with Gasteiger partial charge in [-0.15, -0.1) is 0 Å². The Morgan fingerprint density at radius 1 is 1.06 bits per heavy atom. The molecule has 0 radical (unpaired) electrons. The van der Waals surface area contributed by atoms with Crippen LogP contribution in [0.3, 0.4) is 0 Å². The van der Waals surface area contributed by atoms with E-state index in [4.69, 9.17) is 9.47 Å². The van der Waals surface area contributed by atoms with E-state index in [-0.39, 0.29) is 40.6 Å². The van der Waals surface area contributed by atoms with Crippen LogP contribution in [0.1, 0.15) is 85.5 Å². The highest BCUT2D eigenvalue weighted by molar-refractivity contribution is 6.25. The molecule has 0 unspecified atom stereocenters. The molecule has 0 aliphatic heterocycles. The van der Waals surface area contributed by atoms with E-state index < -0.39 is 0 Å². The average molecular weight is 458 g/mol. The summed E-state index contributed by atoms with van der Waals surface area (Å²) < 4.78 is 10.5. The zero-order valence-electron chi connectivity index (χ0n) is 21.5. The van der Waals surface area contributed by atoms with E-state index in [1.807, 2.05) is 0 Å². The lowest BCUT2D eigenvalue weighted by atomic mass is 9.40. The molecule has 0 spiro atoms. The normalized spacial score (nSPS) is 45.4. The van der Waals surface area contributed by atoms with Crippen LogP contribution in [0.4, 0.5) is 0 Å². The summed E-state index contributed by atoms with van der Waals surface area (Å²) >= 11 is 0. The van der Waals surface area contributed by atoms with Crippen molar-refractivity contribution in [1.82, 2.24) is 0 Å². The zero-order valence-corrected chi connectivity index (χ0v) is 21.5. The Bertz CT molecular complexity index is 797. The second kappa shape index (κ2) is 9.04. The first-order chi connectivity index (χ1) is 15.5. The molecule has 4 saturated carbocycles. The van der Waals surface area contributed by atoms with Gasteiger partial charge in [-0.05, 0) is 97.6 Å². The molecule has 0 amide bonds. The molecule has 4 rings (SSSR count). The van der Waals surface area contributed by atoms with Crippen molar-refractivity contribution in [3.63, 3.8) is 0 Å². The van der Waals surface area contributed by atoms with Crippen molar-refractivity contribution in [3.05, 3.63) is 0 Å². The van der Waals surface area contributed by atoms with Crippen molar-refractivity contribution in [2.24, 2.45) is 46.3 Å². The molecule has 0 saturated heterocycles. The van der Waals surface area contributed by atoms with Gasteiger partial charge in [0.25, 0.3) is 0 Å². The van der Waals surface area contributed by atoms with E-state index in [0.717, 1.165) is 38.5 Å². The zero-order chi connectivity index (χ0) is 24.1. The Kier molecular flexibility index (Phi) is 6.79. The van der Waals surface area contributed by atoms with Gasteiger partial charge in [-0.3, -0.25) is 14.4 Å². The van der Waals surface area contributed by atoms with Gasteiger partial charge in [0, 0.05) is 19.3 Å². The van der Waals surface area contributed by atoms with Crippen LogP contribution in [0.2, 0.25) is 5.82 Å². The molecule has 0 bridgehead atoms. The summed E-state index contributed by atoms with van der Waals surface area (Å²) in [6.45, 7) is 8.68. The number of fused-ring (bicyclic) bond motifs is 5. The molecule has 0 aromatic carbocycles. The maximum absolute atomic E-state index is 13.9. The van der Waals surface area contributed by atoms with Crippen molar-refractivity contribution in [2.45, 2.75) is 97.4 Å². The lowest BCUT2D eigenvalue weighted by Crippen LogP contribution is -2.59. The van der Waals surface area contributed by atoms with Gasteiger partial charge in [0.1, 0.15) is 19.7 Å². The number of methoxy groups -OCH3 is 1. The third kappa shape index (κ3) is 4.07. The predicted octanol–water partition coefficient (Wildman–Crippen LogP) is 4.38. The fourth-order valence-electron chi connectivity index (χ4n) is 9.31. The molecule has 6 heteroatoms. The fraction of sp³-hybridized carbons (Fsp3) is 0.889. The van der Waals surface area contributed by atoms with Crippen LogP contribution in [-0.4, -0.2) is 38.8 Å². The quantitative estimate of drug-likeness (QED) is 0.452. The van der Waals surface area contributed by atoms with Crippen LogP contribution in [0.25, 0.3) is 0 Å². The third-order valence-electron chi connectivity index (χ3n) is 11.0. The molecule has 5 nitrogen and oxygen atoms in total. The number of rotatable bonds is 5. The Morgan fingerprint density at radius 2 is 1.73 bits per heavy atom. The van der Waals surface area contributed by atoms with Gasteiger partial charge in [0.15, 0.2) is 0 Å². The monoisotopic (exact) mass is 458 g/mol. The minimum atomic E-state index is -0.206. The van der Waals surface area contributed by atoms with E-state index in [1.165, 1.54) is 26.9 Å². The molecular weight excluding hydrogens is 415 g/mol. The van der Waals surface area contributed by atoms with Crippen molar-refractivity contribution in [3.8, 4) is 0 Å². The second-order valence-electron chi connectivity index (χ2n) is 12.4. The molecule has 10 atom stereocenters. The summed E-state index contributed by atoms with van der Waals surface area (Å²) in [7, 11) is 3.61. The van der Waals surface area contributed by atoms with Gasteiger partial charge >= 0.3 is 11.9 Å². The minimum absolute atomic E-state index is 0.0345. The van der Waals surface area contributed by atoms with Crippen molar-refractivity contribution in [1.29, 1.82) is 0 Å². The van der Waals surface area contributed by atoms with Crippen LogP contribution in [-0.2, 0) is 23.9 Å². The first kappa shape index (κ1) is 24.8. The topological polar surface area (TPSA) is 69.7 Å². The molecule has 4 aliphatic rings. The smallest absolute Gasteiger partial charge is 0.305 e. The van der Waals surface area contributed by atoms with Crippen LogP contribution in [0.5, 0.6) is 0 Å². The van der Waals surface area contributed by atoms with Gasteiger partial charge < -0.3 is 9.47 Å². The molecule has 0 aromatic heterocycles. The molecular formula is C27H43BO5. The Labute approximate surface area is 200 Å². The van der Waals surface area contributed by atoms with E-state index in [2.05, 4.69) is 28.6 Å². The number of carbonyl (C=O) groups is 3. The van der Waals surface area contributed by atoms with Gasteiger partial charge in [-0.1, -0.05) is 20.8 Å². The highest BCUT2D eigenvalue weighted by Gasteiger charge is 2.64. The maximum Gasteiger partial charge on any atom is 0.305 e. The molecule has 33 heavy (non-hydrogen) atoms. The number of hydrogen-bond acceptors (Lipinski definition) is 5. The highest BCUT2D eigenvalue weighted by Crippen LogP contribution is 2.69. The van der Waals surface area contributed by atoms with E-state index >= 15 is 0 Å². The highest BCUT2D eigenvalue weighted by atomic mass is 16.5. The molecule has 0 N–H and O–H groups in total. The summed E-state index contributed by atoms with van der Waals surface area (Å²) in [5.74, 6) is 2.61. The second-order valence-corrected chi connectivity index (χ2v) is 12.4. The van der Waals surface area contributed by atoms with Crippen LogP contribution in [0.15, 0.2) is 0 Å². The number of ether oxygens (including phenoxy) is 2. The van der Waals surface area contributed by atoms with Crippen LogP contribution < -0.4 is 0 Å². The summed E-state index contributed by atoms with van der Waals surface area (Å²) in [5.41, 5.74) is 0.342. The number of ketones is 1. The largest absolute Gasteiger partial charge is 0.469 e. The van der Waals surface area contributed by atoms with Gasteiger partial charge in [-0.2, -0.15) is 0 Å². The van der Waals surface area contributed by atoms with E-state index in [1.54, 1.807) is 0 Å². The molecule has 184 valence electrons. The molecule has 4 aliphatic carbocycles. The van der Waals surface area contributed by atoms with Crippen LogP contribution in [0, 0.1) is 46.3 Å². The van der Waals surface area contributed by atoms with Gasteiger partial charge in [-0.25, -0.2) is 0 Å². The molecule has 0 aromatic rings. The number of esters is 2. The van der Waals surface area contributed by atoms with E-state index in [9.17, 15) is 14.4 Å². The maximum atomic E-state index is 13.9. The van der Waals surface area contributed by atoms with Crippen molar-refractivity contribution in [2.75, 3.05) is 7.11 Å². The SMILES string of the molecule is B[C@H]1C(=O)[C@@H]2[C@H](CC[C@]3(C)[C@@H]([C@H](C)CCC(=O)OC)CC[C@@H]23)[C@@]2(C)CC[C@@H](OC(C)=O)C[C@@H]12. The first-order valence-corrected chi connectivity index (χ1v) is 13.3. The fourth-order valence-corrected chi connectivity index (χ4v) is 9.31. The summed E-state index contributed by atoms with van der Waals surface area (Å²) in [6.07, 6.45) is 8.75. The van der Waals surface area contributed by atoms with Gasteiger partial charge in [0.2, 0.25) is 0 Å². The van der Waals surface area contributed by atoms with E-state index in [0.29, 0.717) is 41.8 Å². The minimum Gasteiger partial charge on any atom is -0.469 e. The van der Waals surface area contributed by atoms with Crippen molar-refractivity contribution < 1.29 is 23.9 Å². The third-order valence-corrected chi connectivity index (χ3v) is 11.0.